The smallest absolute Gasteiger partial charge is 0.142 e. The lowest BCUT2D eigenvalue weighted by Crippen LogP contribution is -2.28. The minimum atomic E-state index is -0.0767. The van der Waals surface area contributed by atoms with E-state index in [-0.39, 0.29) is 25.4 Å². The summed E-state index contributed by atoms with van der Waals surface area (Å²) in [6.07, 6.45) is 10.9. The van der Waals surface area contributed by atoms with E-state index in [1.165, 1.54) is 34.9 Å². The van der Waals surface area contributed by atoms with E-state index in [4.69, 9.17) is 21.1 Å². The van der Waals surface area contributed by atoms with Gasteiger partial charge >= 0.3 is 0 Å². The molecule has 0 spiro atoms. The van der Waals surface area contributed by atoms with Crippen molar-refractivity contribution in [2.75, 3.05) is 6.61 Å². The maximum atomic E-state index is 9.43. The summed E-state index contributed by atoms with van der Waals surface area (Å²) >= 11 is 6.73. The monoisotopic (exact) mass is 529 g/mol. The van der Waals surface area contributed by atoms with Crippen LogP contribution in [0.25, 0.3) is 5.57 Å². The van der Waals surface area contributed by atoms with Gasteiger partial charge in [-0.25, -0.2) is 0 Å². The number of benzene rings is 2. The number of rotatable bonds is 10. The Bertz CT molecular complexity index is 1380. The first-order chi connectivity index (χ1) is 18.6. The van der Waals surface area contributed by atoms with Crippen molar-refractivity contribution < 1.29 is 14.6 Å². The van der Waals surface area contributed by atoms with E-state index >= 15 is 0 Å². The van der Waals surface area contributed by atoms with Crippen molar-refractivity contribution in [2.24, 2.45) is 0 Å². The summed E-state index contributed by atoms with van der Waals surface area (Å²) in [5.41, 5.74) is 7.58. The molecule has 1 heterocycles. The number of nitriles is 1. The number of aromatic nitrogens is 1. The first-order valence-corrected chi connectivity index (χ1v) is 13.5. The Hall–Kier alpha value is -3.37. The summed E-state index contributed by atoms with van der Waals surface area (Å²) in [7, 11) is 0. The van der Waals surface area contributed by atoms with Gasteiger partial charge < -0.3 is 19.9 Å². The number of allylic oxidation sites excluding steroid dienone is 2. The summed E-state index contributed by atoms with van der Waals surface area (Å²) < 4.78 is 12.7. The SMILES string of the molecule is C[C@H](CO)NCc1cc(Cl)c(O[C@H]2CCc3c(C4=CCCC4)cccc32)cc1OCc1cncc(C#N)c1. The molecule has 2 aliphatic rings. The zero-order valence-electron chi connectivity index (χ0n) is 21.5. The van der Waals surface area contributed by atoms with Gasteiger partial charge in [0.15, 0.2) is 0 Å². The molecule has 2 atom stereocenters. The van der Waals surface area contributed by atoms with Crippen molar-refractivity contribution in [3.63, 3.8) is 0 Å². The standard InChI is InChI=1S/C31H32ClN3O3/c1-20(18-36)35-17-24-12-28(32)31(13-30(24)37-19-22-11-21(14-33)15-34-16-22)38-29-10-9-26-25(7-4-8-27(26)29)23-5-2-3-6-23/h4-5,7-8,11-13,15-16,20,29,35-36H,2-3,6,9-10,17-19H2,1H3/t20-,29+/m1/s1. The fourth-order valence-corrected chi connectivity index (χ4v) is 5.42. The van der Waals surface area contributed by atoms with Crippen LogP contribution >= 0.6 is 11.6 Å². The molecule has 0 aliphatic heterocycles. The van der Waals surface area contributed by atoms with Gasteiger partial charge in [-0.05, 0) is 73.4 Å². The number of aliphatic hydroxyl groups excluding tert-OH is 1. The van der Waals surface area contributed by atoms with Crippen LogP contribution in [0, 0.1) is 11.3 Å². The van der Waals surface area contributed by atoms with Crippen LogP contribution in [-0.2, 0) is 19.6 Å². The highest BCUT2D eigenvalue weighted by Gasteiger charge is 2.28. The minimum absolute atomic E-state index is 0.0255. The molecule has 196 valence electrons. The molecular weight excluding hydrogens is 498 g/mol. The van der Waals surface area contributed by atoms with Gasteiger partial charge in [0.05, 0.1) is 17.2 Å². The second kappa shape index (κ2) is 12.0. The van der Waals surface area contributed by atoms with Gasteiger partial charge in [0.25, 0.3) is 0 Å². The van der Waals surface area contributed by atoms with Gasteiger partial charge in [0.1, 0.15) is 30.3 Å². The summed E-state index contributed by atoms with van der Waals surface area (Å²) in [6, 6.07) is 14.1. The molecule has 2 aromatic carbocycles. The molecule has 0 fully saturated rings. The zero-order valence-corrected chi connectivity index (χ0v) is 22.3. The number of hydrogen-bond acceptors (Lipinski definition) is 6. The Morgan fingerprint density at radius 3 is 2.89 bits per heavy atom. The van der Waals surface area contributed by atoms with E-state index < -0.39 is 0 Å². The van der Waals surface area contributed by atoms with Crippen LogP contribution in [0.5, 0.6) is 11.5 Å². The molecule has 0 unspecified atom stereocenters. The highest BCUT2D eigenvalue weighted by atomic mass is 35.5. The lowest BCUT2D eigenvalue weighted by Gasteiger charge is -2.20. The number of hydrogen-bond donors (Lipinski definition) is 2. The normalized spacial score (nSPS) is 17.0. The van der Waals surface area contributed by atoms with Crippen LogP contribution in [0.15, 0.2) is 54.9 Å². The van der Waals surface area contributed by atoms with E-state index in [9.17, 15) is 10.4 Å². The van der Waals surface area contributed by atoms with Crippen molar-refractivity contribution in [2.45, 2.75) is 64.3 Å². The predicted molar refractivity (Wildman–Crippen MR) is 148 cm³/mol. The molecule has 0 saturated carbocycles. The summed E-state index contributed by atoms with van der Waals surface area (Å²) in [4.78, 5) is 4.13. The molecule has 6 nitrogen and oxygen atoms in total. The Kier molecular flexibility index (Phi) is 8.29. The van der Waals surface area contributed by atoms with Crippen molar-refractivity contribution in [3.8, 4) is 17.6 Å². The number of nitrogens with one attached hydrogen (secondary N) is 1. The number of nitrogens with zero attached hydrogens (tertiary/aromatic N) is 2. The molecule has 1 aromatic heterocycles. The third-order valence-corrected chi connectivity index (χ3v) is 7.52. The van der Waals surface area contributed by atoms with E-state index in [1.54, 1.807) is 12.3 Å². The second-order valence-corrected chi connectivity index (χ2v) is 10.4. The van der Waals surface area contributed by atoms with Gasteiger partial charge in [0, 0.05) is 42.2 Å². The number of halogens is 1. The highest BCUT2D eigenvalue weighted by molar-refractivity contribution is 6.32. The fraction of sp³-hybridized carbons (Fsp3) is 0.355. The predicted octanol–water partition coefficient (Wildman–Crippen LogP) is 6.29. The highest BCUT2D eigenvalue weighted by Crippen LogP contribution is 2.43. The van der Waals surface area contributed by atoms with Crippen molar-refractivity contribution >= 4 is 17.2 Å². The molecule has 38 heavy (non-hydrogen) atoms. The third kappa shape index (κ3) is 5.86. The Morgan fingerprint density at radius 1 is 1.21 bits per heavy atom. The van der Waals surface area contributed by atoms with Crippen LogP contribution in [0.1, 0.15) is 72.1 Å². The third-order valence-electron chi connectivity index (χ3n) is 7.22. The summed E-state index contributed by atoms with van der Waals surface area (Å²) in [6.45, 7) is 2.65. The summed E-state index contributed by atoms with van der Waals surface area (Å²) in [5, 5.41) is 22.4. The molecule has 0 radical (unpaired) electrons. The maximum Gasteiger partial charge on any atom is 0.142 e. The molecule has 0 saturated heterocycles. The largest absolute Gasteiger partial charge is 0.488 e. The number of fused-ring (bicyclic) bond motifs is 1. The van der Waals surface area contributed by atoms with Gasteiger partial charge in [0.2, 0.25) is 0 Å². The van der Waals surface area contributed by atoms with Crippen molar-refractivity contribution in [1.82, 2.24) is 10.3 Å². The topological polar surface area (TPSA) is 87.4 Å². The molecular formula is C31H32ClN3O3. The van der Waals surface area contributed by atoms with E-state index in [0.717, 1.165) is 36.8 Å². The first kappa shape index (κ1) is 26.2. The minimum Gasteiger partial charge on any atom is -0.488 e. The van der Waals surface area contributed by atoms with Crippen molar-refractivity contribution in [1.29, 1.82) is 5.26 Å². The average Bonchev–Trinajstić information content (AvgIpc) is 3.63. The van der Waals surface area contributed by atoms with Crippen LogP contribution in [-0.4, -0.2) is 22.7 Å². The quantitative estimate of drug-likeness (QED) is 0.321. The summed E-state index contributed by atoms with van der Waals surface area (Å²) in [5.74, 6) is 1.21. The lowest BCUT2D eigenvalue weighted by molar-refractivity contribution is 0.205. The number of aliphatic hydroxyl groups is 1. The molecule has 2 N–H and O–H groups in total. The molecule has 7 heteroatoms. The number of ether oxygens (including phenoxy) is 2. The first-order valence-electron chi connectivity index (χ1n) is 13.2. The average molecular weight is 530 g/mol. The second-order valence-electron chi connectivity index (χ2n) is 9.98. The lowest BCUT2D eigenvalue weighted by atomic mass is 9.96. The zero-order chi connectivity index (χ0) is 26.5. The van der Waals surface area contributed by atoms with Crippen LogP contribution < -0.4 is 14.8 Å². The van der Waals surface area contributed by atoms with Gasteiger partial charge in [-0.1, -0.05) is 35.9 Å². The van der Waals surface area contributed by atoms with Crippen LogP contribution in [0.2, 0.25) is 5.02 Å². The van der Waals surface area contributed by atoms with Crippen molar-refractivity contribution in [3.05, 3.63) is 93.3 Å². The molecule has 5 rings (SSSR count). The molecule has 2 aliphatic carbocycles. The molecule has 3 aromatic rings. The maximum absolute atomic E-state index is 9.43. The van der Waals surface area contributed by atoms with E-state index in [2.05, 4.69) is 40.6 Å². The van der Waals surface area contributed by atoms with E-state index in [0.29, 0.717) is 28.6 Å². The van der Waals surface area contributed by atoms with Gasteiger partial charge in [-0.3, -0.25) is 4.98 Å². The Morgan fingerprint density at radius 2 is 2.11 bits per heavy atom. The fourth-order valence-electron chi connectivity index (χ4n) is 5.18. The Labute approximate surface area is 228 Å². The van der Waals surface area contributed by atoms with Crippen LogP contribution in [0.3, 0.4) is 0 Å². The van der Waals surface area contributed by atoms with Gasteiger partial charge in [-0.15, -0.1) is 0 Å². The molecule has 0 amide bonds. The number of pyridine rings is 1. The van der Waals surface area contributed by atoms with E-state index in [1.807, 2.05) is 19.1 Å². The van der Waals surface area contributed by atoms with Crippen LogP contribution in [0.4, 0.5) is 0 Å². The van der Waals surface area contributed by atoms with Gasteiger partial charge in [-0.2, -0.15) is 5.26 Å². The molecule has 0 bridgehead atoms. The Balaban J connectivity index is 1.40.